The molecule has 1 heteroatoms. The number of fused-ring (bicyclic) bond motifs is 6. The Hall–Kier alpha value is -8.78. The average Bonchev–Trinajstić information content (AvgIpc) is 3.70. The Bertz CT molecular complexity index is 3810. The van der Waals surface area contributed by atoms with E-state index < -0.39 is 5.41 Å². The summed E-state index contributed by atoms with van der Waals surface area (Å²) < 4.78 is 0. The predicted molar refractivity (Wildman–Crippen MR) is 287 cm³/mol. The zero-order valence-corrected chi connectivity index (χ0v) is 37.4. The molecular formula is C67H45N. The molecule has 68 heavy (non-hydrogen) atoms. The maximum atomic E-state index is 2.49. The molecule has 12 aromatic carbocycles. The highest BCUT2D eigenvalue weighted by Gasteiger charge is 2.46. The Morgan fingerprint density at radius 2 is 0.750 bits per heavy atom. The van der Waals surface area contributed by atoms with Gasteiger partial charge in [-0.3, -0.25) is 0 Å². The highest BCUT2D eigenvalue weighted by atomic mass is 15.1. The molecule has 0 N–H and O–H groups in total. The lowest BCUT2D eigenvalue weighted by molar-refractivity contribution is 0.769. The number of benzene rings is 12. The van der Waals surface area contributed by atoms with Crippen molar-refractivity contribution in [2.45, 2.75) is 5.41 Å². The maximum Gasteiger partial charge on any atom is 0.0713 e. The molecule has 1 nitrogen and oxygen atoms in total. The van der Waals surface area contributed by atoms with Crippen LogP contribution in [0, 0.1) is 0 Å². The van der Waals surface area contributed by atoms with Crippen molar-refractivity contribution in [3.8, 4) is 44.5 Å². The molecule has 0 atom stereocenters. The van der Waals surface area contributed by atoms with E-state index in [1.54, 1.807) is 0 Å². The molecule has 0 amide bonds. The molecule has 0 saturated heterocycles. The molecule has 0 saturated carbocycles. The SMILES string of the molecule is c1ccc(N(c2ccc(-c3ccc4ccccc4c3)cc2-c2ccc3c(c2)-c2cc4ccccc4cc2C3(c2ccccc2)c2ccccc2)c2ccccc2-c2cccc3ccccc23)cc1. The second-order valence-electron chi connectivity index (χ2n) is 18.0. The largest absolute Gasteiger partial charge is 0.309 e. The fourth-order valence-corrected chi connectivity index (χ4v) is 11.2. The van der Waals surface area contributed by atoms with Gasteiger partial charge in [0.1, 0.15) is 0 Å². The summed E-state index contributed by atoms with van der Waals surface area (Å²) >= 11 is 0. The number of hydrogen-bond donors (Lipinski definition) is 0. The zero-order chi connectivity index (χ0) is 45.0. The van der Waals surface area contributed by atoms with Crippen molar-refractivity contribution < 1.29 is 0 Å². The monoisotopic (exact) mass is 863 g/mol. The van der Waals surface area contributed by atoms with Crippen molar-refractivity contribution in [1.82, 2.24) is 0 Å². The van der Waals surface area contributed by atoms with Crippen molar-refractivity contribution >= 4 is 49.4 Å². The van der Waals surface area contributed by atoms with Crippen LogP contribution < -0.4 is 4.90 Å². The average molecular weight is 864 g/mol. The molecule has 0 aliphatic heterocycles. The molecule has 0 radical (unpaired) electrons. The minimum atomic E-state index is -0.529. The van der Waals surface area contributed by atoms with Crippen molar-refractivity contribution in [3.05, 3.63) is 295 Å². The van der Waals surface area contributed by atoms with Crippen molar-refractivity contribution in [3.63, 3.8) is 0 Å². The van der Waals surface area contributed by atoms with E-state index in [1.807, 2.05) is 0 Å². The quantitative estimate of drug-likeness (QED) is 0.147. The Labute approximate surface area is 397 Å². The van der Waals surface area contributed by atoms with Gasteiger partial charge in [-0.25, -0.2) is 0 Å². The first kappa shape index (κ1) is 39.6. The van der Waals surface area contributed by atoms with E-state index in [-0.39, 0.29) is 0 Å². The van der Waals surface area contributed by atoms with Gasteiger partial charge in [0, 0.05) is 16.8 Å². The highest BCUT2D eigenvalue weighted by molar-refractivity contribution is 6.04. The Morgan fingerprint density at radius 3 is 1.50 bits per heavy atom. The van der Waals surface area contributed by atoms with Gasteiger partial charge in [-0.15, -0.1) is 0 Å². The number of nitrogens with zero attached hydrogens (tertiary/aromatic N) is 1. The molecule has 13 rings (SSSR count). The summed E-state index contributed by atoms with van der Waals surface area (Å²) in [6.07, 6.45) is 0. The van der Waals surface area contributed by atoms with E-state index in [0.717, 1.165) is 28.2 Å². The smallest absolute Gasteiger partial charge is 0.0713 e. The third-order valence-corrected chi connectivity index (χ3v) is 14.3. The zero-order valence-electron chi connectivity index (χ0n) is 37.4. The van der Waals surface area contributed by atoms with Crippen LogP contribution in [0.5, 0.6) is 0 Å². The lowest BCUT2D eigenvalue weighted by Crippen LogP contribution is -2.28. The van der Waals surface area contributed by atoms with Crippen molar-refractivity contribution in [2.75, 3.05) is 4.90 Å². The summed E-state index contributed by atoms with van der Waals surface area (Å²) in [5.41, 5.74) is 17.4. The maximum absolute atomic E-state index is 2.49. The fourth-order valence-electron chi connectivity index (χ4n) is 11.2. The second kappa shape index (κ2) is 16.3. The lowest BCUT2D eigenvalue weighted by atomic mass is 9.67. The van der Waals surface area contributed by atoms with Gasteiger partial charge >= 0.3 is 0 Å². The Kier molecular flexibility index (Phi) is 9.47. The van der Waals surface area contributed by atoms with Crippen LogP contribution in [0.4, 0.5) is 17.1 Å². The van der Waals surface area contributed by atoms with Crippen LogP contribution in [0.1, 0.15) is 22.3 Å². The van der Waals surface area contributed by atoms with E-state index >= 15 is 0 Å². The Balaban J connectivity index is 1.10. The molecule has 0 fully saturated rings. The van der Waals surface area contributed by atoms with Gasteiger partial charge in [-0.2, -0.15) is 0 Å². The van der Waals surface area contributed by atoms with Crippen LogP contribution in [-0.4, -0.2) is 0 Å². The van der Waals surface area contributed by atoms with E-state index in [0.29, 0.717) is 0 Å². The van der Waals surface area contributed by atoms with Crippen LogP contribution >= 0.6 is 0 Å². The standard InChI is InChI=1S/C67H45N/c1-4-25-54(26-5-1)67(55-27-6-2-7-28-55)63-39-37-53(44-61(63)62-43-49-22-12-13-23-50(49)45-64(62)67)60-42-52(51-36-35-46-19-10-11-21-48(46)41-51)38-40-66(60)68(56-29-8-3-9-30-56)65-34-17-16-32-59(65)58-33-18-24-47-20-14-15-31-57(47)58/h1-45H. The number of anilines is 3. The van der Waals surface area contributed by atoms with Gasteiger partial charge in [0.05, 0.1) is 16.8 Å². The van der Waals surface area contributed by atoms with Crippen molar-refractivity contribution in [2.24, 2.45) is 0 Å². The predicted octanol–water partition coefficient (Wildman–Crippen LogP) is 18.0. The summed E-state index contributed by atoms with van der Waals surface area (Å²) in [5.74, 6) is 0. The lowest BCUT2D eigenvalue weighted by Gasteiger charge is -2.34. The summed E-state index contributed by atoms with van der Waals surface area (Å²) in [4.78, 5) is 2.48. The highest BCUT2D eigenvalue weighted by Crippen LogP contribution is 2.58. The fraction of sp³-hybridized carbons (Fsp3) is 0.0149. The first-order chi connectivity index (χ1) is 33.7. The van der Waals surface area contributed by atoms with E-state index in [4.69, 9.17) is 0 Å². The molecule has 12 aromatic rings. The van der Waals surface area contributed by atoms with Gasteiger partial charge in [0.15, 0.2) is 0 Å². The second-order valence-corrected chi connectivity index (χ2v) is 18.0. The van der Waals surface area contributed by atoms with Crippen LogP contribution in [0.3, 0.4) is 0 Å². The third-order valence-electron chi connectivity index (χ3n) is 14.3. The molecule has 0 unspecified atom stereocenters. The molecule has 0 bridgehead atoms. The van der Waals surface area contributed by atoms with Crippen molar-refractivity contribution in [1.29, 1.82) is 0 Å². The first-order valence-electron chi connectivity index (χ1n) is 23.6. The minimum absolute atomic E-state index is 0.529. The molecule has 318 valence electrons. The Morgan fingerprint density at radius 1 is 0.250 bits per heavy atom. The minimum Gasteiger partial charge on any atom is -0.309 e. The molecule has 0 aromatic heterocycles. The van der Waals surface area contributed by atoms with E-state index in [1.165, 1.54) is 88.0 Å². The third kappa shape index (κ3) is 6.39. The summed E-state index contributed by atoms with van der Waals surface area (Å²) in [7, 11) is 0. The van der Waals surface area contributed by atoms with Crippen LogP contribution in [0.25, 0.3) is 76.8 Å². The van der Waals surface area contributed by atoms with E-state index in [9.17, 15) is 0 Å². The van der Waals surface area contributed by atoms with Gasteiger partial charge in [0.2, 0.25) is 0 Å². The molecule has 0 heterocycles. The molecular weight excluding hydrogens is 819 g/mol. The van der Waals surface area contributed by atoms with Gasteiger partial charge in [-0.1, -0.05) is 218 Å². The normalized spacial score (nSPS) is 12.5. The van der Waals surface area contributed by atoms with E-state index in [2.05, 4.69) is 278 Å². The summed E-state index contributed by atoms with van der Waals surface area (Å²) in [5, 5.41) is 7.39. The first-order valence-corrected chi connectivity index (χ1v) is 23.6. The summed E-state index contributed by atoms with van der Waals surface area (Å²) in [6.45, 7) is 0. The van der Waals surface area contributed by atoms with Gasteiger partial charge < -0.3 is 4.90 Å². The van der Waals surface area contributed by atoms with Crippen LogP contribution in [0.2, 0.25) is 0 Å². The van der Waals surface area contributed by atoms with Gasteiger partial charge in [0.25, 0.3) is 0 Å². The number of hydrogen-bond acceptors (Lipinski definition) is 1. The van der Waals surface area contributed by atoms with Crippen LogP contribution in [0.15, 0.2) is 273 Å². The number of rotatable bonds is 8. The molecule has 1 aliphatic rings. The van der Waals surface area contributed by atoms with Gasteiger partial charge in [-0.05, 0) is 143 Å². The summed E-state index contributed by atoms with van der Waals surface area (Å²) in [6, 6.07) is 101. The topological polar surface area (TPSA) is 3.24 Å². The van der Waals surface area contributed by atoms with Crippen LogP contribution in [-0.2, 0) is 5.41 Å². The molecule has 0 spiro atoms. The number of para-hydroxylation sites is 2. The molecule has 1 aliphatic carbocycles.